The molecule has 1 aromatic rings. The molecule has 1 aliphatic heterocycles. The molecule has 1 aliphatic rings. The van der Waals surface area contributed by atoms with Crippen molar-refractivity contribution in [2.24, 2.45) is 0 Å². The van der Waals surface area contributed by atoms with Crippen molar-refractivity contribution in [1.29, 1.82) is 0 Å². The molecule has 0 bridgehead atoms. The molecule has 1 N–H and O–H groups in total. The predicted molar refractivity (Wildman–Crippen MR) is 81.4 cm³/mol. The highest BCUT2D eigenvalue weighted by Crippen LogP contribution is 2.22. The zero-order valence-electron chi connectivity index (χ0n) is 12.2. The molecule has 2 heterocycles. The van der Waals surface area contributed by atoms with Crippen LogP contribution in [0.4, 0.5) is 5.82 Å². The van der Waals surface area contributed by atoms with Crippen molar-refractivity contribution >= 4 is 23.3 Å². The summed E-state index contributed by atoms with van der Waals surface area (Å²) in [4.78, 5) is 20.8. The van der Waals surface area contributed by atoms with E-state index in [1.54, 1.807) is 13.1 Å². The van der Waals surface area contributed by atoms with Crippen LogP contribution in [0.2, 0.25) is 5.02 Å². The van der Waals surface area contributed by atoms with Crippen LogP contribution < -0.4 is 5.32 Å². The fourth-order valence-electron chi connectivity index (χ4n) is 2.48. The first kappa shape index (κ1) is 15.1. The zero-order chi connectivity index (χ0) is 14.7. The number of hydrogen-bond donors (Lipinski definition) is 1. The number of halogens is 1. The number of nitrogens with zero attached hydrogens (tertiary/aromatic N) is 3. The summed E-state index contributed by atoms with van der Waals surface area (Å²) in [7, 11) is 5.73. The van der Waals surface area contributed by atoms with Gasteiger partial charge in [-0.2, -0.15) is 0 Å². The summed E-state index contributed by atoms with van der Waals surface area (Å²) >= 11 is 6.11. The van der Waals surface area contributed by atoms with Gasteiger partial charge in [0.05, 0.1) is 10.6 Å². The van der Waals surface area contributed by atoms with Crippen LogP contribution in [0.25, 0.3) is 0 Å². The standard InChI is InChI=1S/C14H21ClN4O/c1-16-13-8-11(12(15)9-17-13)14(20)19(3)10-4-6-18(2)7-5-10/h8-10H,4-7H2,1-3H3,(H,16,17). The van der Waals surface area contributed by atoms with E-state index in [4.69, 9.17) is 11.6 Å². The summed E-state index contributed by atoms with van der Waals surface area (Å²) in [5.74, 6) is 0.609. The van der Waals surface area contributed by atoms with Gasteiger partial charge < -0.3 is 15.1 Å². The average molecular weight is 297 g/mol. The van der Waals surface area contributed by atoms with Crippen LogP contribution in [0, 0.1) is 0 Å². The monoisotopic (exact) mass is 296 g/mol. The Morgan fingerprint density at radius 1 is 1.50 bits per heavy atom. The lowest BCUT2D eigenvalue weighted by molar-refractivity contribution is 0.0659. The number of likely N-dealkylation sites (tertiary alicyclic amines) is 1. The number of piperidine rings is 1. The maximum absolute atomic E-state index is 12.6. The van der Waals surface area contributed by atoms with E-state index in [1.807, 2.05) is 11.9 Å². The van der Waals surface area contributed by atoms with Crippen LogP contribution in [-0.4, -0.2) is 61.0 Å². The van der Waals surface area contributed by atoms with E-state index in [2.05, 4.69) is 22.2 Å². The minimum absolute atomic E-state index is 0.0385. The van der Waals surface area contributed by atoms with Gasteiger partial charge in [0.25, 0.3) is 5.91 Å². The number of hydrogen-bond acceptors (Lipinski definition) is 4. The first-order valence-corrected chi connectivity index (χ1v) is 7.19. The van der Waals surface area contributed by atoms with E-state index in [-0.39, 0.29) is 11.9 Å². The van der Waals surface area contributed by atoms with Crippen LogP contribution in [0.3, 0.4) is 0 Å². The number of amides is 1. The van der Waals surface area contributed by atoms with Crippen LogP contribution in [0.1, 0.15) is 23.2 Å². The Morgan fingerprint density at radius 2 is 2.15 bits per heavy atom. The van der Waals surface area contributed by atoms with Gasteiger partial charge in [-0.3, -0.25) is 4.79 Å². The van der Waals surface area contributed by atoms with E-state index in [9.17, 15) is 4.79 Å². The first-order valence-electron chi connectivity index (χ1n) is 6.82. The second-order valence-electron chi connectivity index (χ2n) is 5.25. The number of carbonyl (C=O) groups is 1. The topological polar surface area (TPSA) is 48.5 Å². The maximum Gasteiger partial charge on any atom is 0.255 e. The Bertz CT molecular complexity index is 486. The zero-order valence-corrected chi connectivity index (χ0v) is 12.9. The number of pyridine rings is 1. The molecule has 1 fully saturated rings. The molecule has 0 unspecified atom stereocenters. The molecule has 0 aliphatic carbocycles. The van der Waals surface area contributed by atoms with Crippen molar-refractivity contribution < 1.29 is 4.79 Å². The third-order valence-corrected chi connectivity index (χ3v) is 4.20. The summed E-state index contributed by atoms with van der Waals surface area (Å²) in [6.07, 6.45) is 3.52. The van der Waals surface area contributed by atoms with Gasteiger partial charge in [-0.1, -0.05) is 11.6 Å². The van der Waals surface area contributed by atoms with Gasteiger partial charge in [0.15, 0.2) is 0 Å². The Hall–Kier alpha value is -1.33. The quantitative estimate of drug-likeness (QED) is 0.926. The van der Waals surface area contributed by atoms with Crippen molar-refractivity contribution in [3.63, 3.8) is 0 Å². The lowest BCUT2D eigenvalue weighted by atomic mass is 10.0. The van der Waals surface area contributed by atoms with Crippen molar-refractivity contribution in [3.8, 4) is 0 Å². The molecule has 0 atom stereocenters. The van der Waals surface area contributed by atoms with E-state index in [0.29, 0.717) is 16.4 Å². The normalized spacial score (nSPS) is 17.0. The Kier molecular flexibility index (Phi) is 4.83. The molecule has 5 nitrogen and oxygen atoms in total. The maximum atomic E-state index is 12.6. The van der Waals surface area contributed by atoms with Crippen LogP contribution >= 0.6 is 11.6 Å². The Labute approximate surface area is 124 Å². The lowest BCUT2D eigenvalue weighted by Crippen LogP contribution is -2.44. The molecular weight excluding hydrogens is 276 g/mol. The third kappa shape index (κ3) is 3.22. The van der Waals surface area contributed by atoms with Gasteiger partial charge in [-0.25, -0.2) is 4.98 Å². The number of rotatable bonds is 3. The largest absolute Gasteiger partial charge is 0.373 e. The highest BCUT2D eigenvalue weighted by atomic mass is 35.5. The van der Waals surface area contributed by atoms with Crippen molar-refractivity contribution in [3.05, 3.63) is 22.8 Å². The molecule has 0 aromatic carbocycles. The average Bonchev–Trinajstić information content (AvgIpc) is 2.47. The van der Waals surface area contributed by atoms with E-state index in [1.165, 1.54) is 6.20 Å². The SMILES string of the molecule is CNc1cc(C(=O)N(C)C2CCN(C)CC2)c(Cl)cn1. The second kappa shape index (κ2) is 6.41. The summed E-state index contributed by atoms with van der Waals surface area (Å²) in [5.41, 5.74) is 0.507. The molecule has 0 saturated carbocycles. The molecular formula is C14H21ClN4O. The highest BCUT2D eigenvalue weighted by molar-refractivity contribution is 6.33. The fraction of sp³-hybridized carbons (Fsp3) is 0.571. The highest BCUT2D eigenvalue weighted by Gasteiger charge is 2.26. The number of anilines is 1. The van der Waals surface area contributed by atoms with Crippen molar-refractivity contribution in [2.45, 2.75) is 18.9 Å². The Balaban J connectivity index is 2.14. The predicted octanol–water partition coefficient (Wildman–Crippen LogP) is 1.94. The summed E-state index contributed by atoms with van der Waals surface area (Å²) in [6.45, 7) is 2.04. The van der Waals surface area contributed by atoms with Crippen LogP contribution in [-0.2, 0) is 0 Å². The molecule has 6 heteroatoms. The lowest BCUT2D eigenvalue weighted by Gasteiger charge is -2.35. The molecule has 1 aromatic heterocycles. The summed E-state index contributed by atoms with van der Waals surface area (Å²) in [5, 5.41) is 3.32. The molecule has 0 spiro atoms. The summed E-state index contributed by atoms with van der Waals surface area (Å²) < 4.78 is 0. The van der Waals surface area contributed by atoms with Gasteiger partial charge in [-0.05, 0) is 39.0 Å². The molecule has 2 rings (SSSR count). The minimum Gasteiger partial charge on any atom is -0.373 e. The number of aromatic nitrogens is 1. The van der Waals surface area contributed by atoms with Gasteiger partial charge >= 0.3 is 0 Å². The fourth-order valence-corrected chi connectivity index (χ4v) is 2.66. The van der Waals surface area contributed by atoms with Crippen LogP contribution in [0.15, 0.2) is 12.3 Å². The second-order valence-corrected chi connectivity index (χ2v) is 5.66. The minimum atomic E-state index is -0.0385. The third-order valence-electron chi connectivity index (χ3n) is 3.90. The number of nitrogens with one attached hydrogen (secondary N) is 1. The van der Waals surface area contributed by atoms with Crippen molar-refractivity contribution in [2.75, 3.05) is 39.5 Å². The van der Waals surface area contributed by atoms with Gasteiger partial charge in [-0.15, -0.1) is 0 Å². The van der Waals surface area contributed by atoms with Crippen LogP contribution in [0.5, 0.6) is 0 Å². The Morgan fingerprint density at radius 3 is 2.75 bits per heavy atom. The van der Waals surface area contributed by atoms with E-state index in [0.717, 1.165) is 25.9 Å². The smallest absolute Gasteiger partial charge is 0.255 e. The van der Waals surface area contributed by atoms with Gasteiger partial charge in [0.1, 0.15) is 5.82 Å². The molecule has 0 radical (unpaired) electrons. The molecule has 20 heavy (non-hydrogen) atoms. The summed E-state index contributed by atoms with van der Waals surface area (Å²) in [6, 6.07) is 1.98. The molecule has 1 amide bonds. The first-order chi connectivity index (χ1) is 9.52. The van der Waals surface area contributed by atoms with E-state index >= 15 is 0 Å². The van der Waals surface area contributed by atoms with Gasteiger partial charge in [0.2, 0.25) is 0 Å². The molecule has 110 valence electrons. The molecule has 1 saturated heterocycles. The van der Waals surface area contributed by atoms with E-state index < -0.39 is 0 Å². The number of carbonyl (C=O) groups excluding carboxylic acids is 1. The van der Waals surface area contributed by atoms with Crippen molar-refractivity contribution in [1.82, 2.24) is 14.8 Å². The van der Waals surface area contributed by atoms with Gasteiger partial charge in [0, 0.05) is 26.3 Å².